The summed E-state index contributed by atoms with van der Waals surface area (Å²) in [7, 11) is 3.13. The monoisotopic (exact) mass is 513 g/mol. The normalized spacial score (nSPS) is 14.9. The minimum atomic E-state index is -0.391. The molecule has 0 bridgehead atoms. The van der Waals surface area contributed by atoms with E-state index in [9.17, 15) is 4.79 Å². The molecule has 1 aromatic heterocycles. The average Bonchev–Trinajstić information content (AvgIpc) is 3.10. The molecule has 1 saturated heterocycles. The maximum absolute atomic E-state index is 11.7. The van der Waals surface area contributed by atoms with Crippen molar-refractivity contribution >= 4 is 35.9 Å². The Morgan fingerprint density at radius 3 is 2.59 bits per heavy atom. The van der Waals surface area contributed by atoms with E-state index in [1.807, 2.05) is 30.3 Å². The summed E-state index contributed by atoms with van der Waals surface area (Å²) in [6.07, 6.45) is 2.08. The summed E-state index contributed by atoms with van der Waals surface area (Å²) >= 11 is 0. The standard InChI is InChI=1S/C21H27N3O4.HI/c1-15-19(20(25)26-3)13-18(27-15)14-23-21(22-2)24-11-9-17(10-12-24)28-16-7-5-4-6-8-16;/h4-8,13,17H,9-12,14H2,1-3H3,(H,22,23);1H. The number of carbonyl (C=O) groups excluding carboxylic acids is 1. The second-order valence-corrected chi connectivity index (χ2v) is 6.69. The Balaban J connectivity index is 0.00000300. The number of methoxy groups -OCH3 is 1. The second-order valence-electron chi connectivity index (χ2n) is 6.69. The van der Waals surface area contributed by atoms with E-state index in [-0.39, 0.29) is 30.1 Å². The molecule has 1 fully saturated rings. The zero-order valence-electron chi connectivity index (χ0n) is 17.0. The van der Waals surface area contributed by atoms with Crippen LogP contribution in [-0.2, 0) is 11.3 Å². The van der Waals surface area contributed by atoms with E-state index in [2.05, 4.69) is 15.2 Å². The molecule has 1 aliphatic heterocycles. The third-order valence-electron chi connectivity index (χ3n) is 4.79. The highest BCUT2D eigenvalue weighted by molar-refractivity contribution is 14.0. The van der Waals surface area contributed by atoms with Crippen LogP contribution in [0.5, 0.6) is 5.75 Å². The van der Waals surface area contributed by atoms with Gasteiger partial charge < -0.3 is 24.1 Å². The number of nitrogens with one attached hydrogen (secondary N) is 1. The zero-order valence-corrected chi connectivity index (χ0v) is 19.3. The number of nitrogens with zero attached hydrogens (tertiary/aromatic N) is 2. The Morgan fingerprint density at radius 1 is 1.28 bits per heavy atom. The lowest BCUT2D eigenvalue weighted by Gasteiger charge is -2.34. The molecule has 158 valence electrons. The molecule has 1 N–H and O–H groups in total. The first kappa shape index (κ1) is 23.1. The molecule has 0 saturated carbocycles. The molecule has 0 spiro atoms. The molecule has 0 unspecified atom stereocenters. The number of aliphatic imine (C=N–C) groups is 1. The number of halogens is 1. The van der Waals surface area contributed by atoms with Crippen molar-refractivity contribution in [3.8, 4) is 5.75 Å². The lowest BCUT2D eigenvalue weighted by atomic mass is 10.1. The summed E-state index contributed by atoms with van der Waals surface area (Å²) in [5.74, 6) is 2.56. The third-order valence-corrected chi connectivity index (χ3v) is 4.79. The lowest BCUT2D eigenvalue weighted by Crippen LogP contribution is -2.47. The summed E-state index contributed by atoms with van der Waals surface area (Å²) in [5.41, 5.74) is 0.452. The highest BCUT2D eigenvalue weighted by Crippen LogP contribution is 2.19. The molecule has 2 heterocycles. The molecule has 0 radical (unpaired) electrons. The van der Waals surface area contributed by atoms with Gasteiger partial charge in [-0.1, -0.05) is 18.2 Å². The van der Waals surface area contributed by atoms with Gasteiger partial charge in [0.2, 0.25) is 0 Å². The number of aryl methyl sites for hydroxylation is 1. The van der Waals surface area contributed by atoms with Crippen molar-refractivity contribution in [2.24, 2.45) is 4.99 Å². The van der Waals surface area contributed by atoms with Crippen LogP contribution in [0.1, 0.15) is 34.7 Å². The van der Waals surface area contributed by atoms with Crippen molar-refractivity contribution < 1.29 is 18.7 Å². The maximum Gasteiger partial charge on any atom is 0.341 e. The van der Waals surface area contributed by atoms with Crippen LogP contribution >= 0.6 is 24.0 Å². The Hall–Kier alpha value is -2.23. The molecule has 1 aromatic carbocycles. The predicted octanol–water partition coefficient (Wildman–Crippen LogP) is 3.61. The highest BCUT2D eigenvalue weighted by Gasteiger charge is 2.23. The van der Waals surface area contributed by atoms with Crippen LogP contribution in [0.3, 0.4) is 0 Å². The van der Waals surface area contributed by atoms with Gasteiger partial charge in [-0.25, -0.2) is 4.79 Å². The average molecular weight is 513 g/mol. The SMILES string of the molecule is CN=C(NCc1cc(C(=O)OC)c(C)o1)N1CCC(Oc2ccccc2)CC1.I. The fourth-order valence-electron chi connectivity index (χ4n) is 3.32. The fraction of sp³-hybridized carbons (Fsp3) is 0.429. The molecular formula is C21H28IN3O4. The van der Waals surface area contributed by atoms with E-state index >= 15 is 0 Å². The van der Waals surface area contributed by atoms with Gasteiger partial charge in [-0.3, -0.25) is 4.99 Å². The molecule has 8 heteroatoms. The molecule has 1 aliphatic rings. The minimum Gasteiger partial charge on any atom is -0.490 e. The van der Waals surface area contributed by atoms with Crippen LogP contribution in [-0.4, -0.2) is 50.2 Å². The van der Waals surface area contributed by atoms with Crippen LogP contribution in [0.25, 0.3) is 0 Å². The van der Waals surface area contributed by atoms with Gasteiger partial charge in [0.15, 0.2) is 5.96 Å². The molecule has 0 aliphatic carbocycles. The maximum atomic E-state index is 11.7. The number of hydrogen-bond donors (Lipinski definition) is 1. The van der Waals surface area contributed by atoms with Crippen LogP contribution in [0, 0.1) is 6.92 Å². The van der Waals surface area contributed by atoms with Crippen molar-refractivity contribution in [1.82, 2.24) is 10.2 Å². The minimum absolute atomic E-state index is 0. The number of esters is 1. The number of benzene rings is 1. The summed E-state index contributed by atoms with van der Waals surface area (Å²) < 4.78 is 16.5. The third kappa shape index (κ3) is 6.12. The number of rotatable bonds is 5. The van der Waals surface area contributed by atoms with Gasteiger partial charge in [-0.2, -0.15) is 0 Å². The van der Waals surface area contributed by atoms with Gasteiger partial charge in [0.25, 0.3) is 0 Å². The van der Waals surface area contributed by atoms with Gasteiger partial charge in [0.1, 0.15) is 28.9 Å². The molecule has 0 amide bonds. The van der Waals surface area contributed by atoms with Gasteiger partial charge >= 0.3 is 5.97 Å². The number of guanidine groups is 1. The summed E-state index contributed by atoms with van der Waals surface area (Å²) in [5, 5.41) is 3.31. The van der Waals surface area contributed by atoms with E-state index in [1.54, 1.807) is 20.0 Å². The van der Waals surface area contributed by atoms with Crippen molar-refractivity contribution in [1.29, 1.82) is 0 Å². The Kier molecular flexibility index (Phi) is 8.81. The molecular weight excluding hydrogens is 485 g/mol. The van der Waals surface area contributed by atoms with Crippen molar-refractivity contribution in [2.75, 3.05) is 27.2 Å². The van der Waals surface area contributed by atoms with E-state index < -0.39 is 5.97 Å². The predicted molar refractivity (Wildman–Crippen MR) is 122 cm³/mol. The van der Waals surface area contributed by atoms with Crippen LogP contribution < -0.4 is 10.1 Å². The first-order valence-corrected chi connectivity index (χ1v) is 9.45. The smallest absolute Gasteiger partial charge is 0.341 e. The van der Waals surface area contributed by atoms with Crippen molar-refractivity contribution in [2.45, 2.75) is 32.4 Å². The van der Waals surface area contributed by atoms with Gasteiger partial charge in [-0.15, -0.1) is 24.0 Å². The zero-order chi connectivity index (χ0) is 19.9. The molecule has 29 heavy (non-hydrogen) atoms. The molecule has 2 aromatic rings. The second kappa shape index (κ2) is 11.1. The van der Waals surface area contributed by atoms with Crippen molar-refractivity contribution in [3.63, 3.8) is 0 Å². The number of furan rings is 1. The Bertz CT molecular complexity index is 815. The summed E-state index contributed by atoms with van der Waals surface area (Å²) in [6.45, 7) is 3.93. The molecule has 7 nitrogen and oxygen atoms in total. The van der Waals surface area contributed by atoms with E-state index in [4.69, 9.17) is 13.9 Å². The number of hydrogen-bond acceptors (Lipinski definition) is 5. The van der Waals surface area contributed by atoms with Crippen LogP contribution in [0.15, 0.2) is 45.8 Å². The van der Waals surface area contributed by atoms with Crippen LogP contribution in [0.2, 0.25) is 0 Å². The first-order valence-electron chi connectivity index (χ1n) is 9.45. The van der Waals surface area contributed by atoms with Crippen molar-refractivity contribution in [3.05, 3.63) is 53.5 Å². The van der Waals surface area contributed by atoms with Gasteiger partial charge in [0.05, 0.1) is 13.7 Å². The number of para-hydroxylation sites is 1. The fourth-order valence-corrected chi connectivity index (χ4v) is 3.32. The number of ether oxygens (including phenoxy) is 2. The van der Waals surface area contributed by atoms with E-state index in [0.717, 1.165) is 37.6 Å². The lowest BCUT2D eigenvalue weighted by molar-refractivity contribution is 0.0599. The first-order chi connectivity index (χ1) is 13.6. The quantitative estimate of drug-likeness (QED) is 0.285. The van der Waals surface area contributed by atoms with Gasteiger partial charge in [-0.05, 0) is 25.1 Å². The van der Waals surface area contributed by atoms with E-state index in [1.165, 1.54) is 7.11 Å². The number of piperidine rings is 1. The summed E-state index contributed by atoms with van der Waals surface area (Å²) in [6, 6.07) is 11.6. The Morgan fingerprint density at radius 2 is 1.97 bits per heavy atom. The van der Waals surface area contributed by atoms with Gasteiger partial charge in [0, 0.05) is 33.0 Å². The summed E-state index contributed by atoms with van der Waals surface area (Å²) in [4.78, 5) is 18.3. The van der Waals surface area contributed by atoms with Crippen LogP contribution in [0.4, 0.5) is 0 Å². The topological polar surface area (TPSA) is 76.3 Å². The van der Waals surface area contributed by atoms with E-state index in [0.29, 0.717) is 23.6 Å². The number of carbonyl (C=O) groups is 1. The largest absolute Gasteiger partial charge is 0.490 e. The molecule has 0 atom stereocenters. The Labute approximate surface area is 188 Å². The molecule has 3 rings (SSSR count). The number of likely N-dealkylation sites (tertiary alicyclic amines) is 1. The highest BCUT2D eigenvalue weighted by atomic mass is 127.